The van der Waals surface area contributed by atoms with E-state index in [1.165, 1.54) is 24.0 Å². The van der Waals surface area contributed by atoms with Crippen molar-refractivity contribution in [3.8, 4) is 0 Å². The monoisotopic (exact) mass is 306 g/mol. The van der Waals surface area contributed by atoms with Crippen molar-refractivity contribution in [1.82, 2.24) is 10.6 Å². The highest BCUT2D eigenvalue weighted by Gasteiger charge is 2.09. The lowest BCUT2D eigenvalue weighted by Crippen LogP contribution is -2.24. The number of benzene rings is 1. The van der Waals surface area contributed by atoms with Crippen molar-refractivity contribution in [3.63, 3.8) is 0 Å². The zero-order valence-corrected chi connectivity index (χ0v) is 15.3. The van der Waals surface area contributed by atoms with Gasteiger partial charge in [0.2, 0.25) is 0 Å². The zero-order valence-electron chi connectivity index (χ0n) is 15.3. The fraction of sp³-hybridized carbons (Fsp3) is 0.700. The largest absolute Gasteiger partial charge is 0.316 e. The molecule has 0 heterocycles. The minimum atomic E-state index is 0. The standard InChI is InChI=1S/C20H36N2.H2/c1-6-19(12-13-21-15-16(2)3)20-9-7-18(8-10-20)11-14-22-17(4)5;/h7-10,16-17,19,21-22H,6,11-15H2,1-5H3;1H. The molecule has 128 valence electrons. The molecule has 0 aromatic heterocycles. The van der Waals surface area contributed by atoms with E-state index >= 15 is 0 Å². The average Bonchev–Trinajstić information content (AvgIpc) is 2.48. The fourth-order valence-corrected chi connectivity index (χ4v) is 2.74. The molecule has 0 aliphatic rings. The Hall–Kier alpha value is -0.860. The van der Waals surface area contributed by atoms with Gasteiger partial charge in [-0.1, -0.05) is 58.9 Å². The Morgan fingerprint density at radius 2 is 1.68 bits per heavy atom. The molecule has 2 nitrogen and oxygen atoms in total. The van der Waals surface area contributed by atoms with Gasteiger partial charge in [0.05, 0.1) is 0 Å². The maximum absolute atomic E-state index is 3.56. The molecule has 1 atom stereocenters. The van der Waals surface area contributed by atoms with Gasteiger partial charge in [0.15, 0.2) is 0 Å². The fourth-order valence-electron chi connectivity index (χ4n) is 2.74. The van der Waals surface area contributed by atoms with E-state index in [0.29, 0.717) is 12.0 Å². The molecule has 0 saturated carbocycles. The molecule has 1 aromatic rings. The van der Waals surface area contributed by atoms with Gasteiger partial charge in [-0.25, -0.2) is 0 Å². The van der Waals surface area contributed by atoms with Crippen molar-refractivity contribution in [2.24, 2.45) is 5.92 Å². The molecular formula is C20H38N2. The van der Waals surface area contributed by atoms with Crippen LogP contribution in [0.5, 0.6) is 0 Å². The second-order valence-corrected chi connectivity index (χ2v) is 7.09. The Labute approximate surface area is 139 Å². The Balaban J connectivity index is 0.00000484. The summed E-state index contributed by atoms with van der Waals surface area (Å²) in [7, 11) is 0. The van der Waals surface area contributed by atoms with Crippen LogP contribution >= 0.6 is 0 Å². The number of rotatable bonds is 11. The Bertz CT molecular complexity index is 387. The van der Waals surface area contributed by atoms with E-state index in [2.05, 4.69) is 69.5 Å². The van der Waals surface area contributed by atoms with Gasteiger partial charge in [-0.2, -0.15) is 0 Å². The zero-order chi connectivity index (χ0) is 16.4. The van der Waals surface area contributed by atoms with Crippen LogP contribution in [0, 0.1) is 5.92 Å². The average molecular weight is 307 g/mol. The van der Waals surface area contributed by atoms with E-state index in [0.717, 1.165) is 32.0 Å². The highest BCUT2D eigenvalue weighted by molar-refractivity contribution is 5.25. The summed E-state index contributed by atoms with van der Waals surface area (Å²) in [5.41, 5.74) is 2.93. The lowest BCUT2D eigenvalue weighted by Gasteiger charge is -2.17. The molecule has 0 amide bonds. The first-order chi connectivity index (χ1) is 10.5. The number of nitrogens with one attached hydrogen (secondary N) is 2. The molecule has 0 spiro atoms. The van der Waals surface area contributed by atoms with Crippen LogP contribution in [0.3, 0.4) is 0 Å². The molecule has 1 unspecified atom stereocenters. The van der Waals surface area contributed by atoms with Gasteiger partial charge in [0.1, 0.15) is 0 Å². The molecule has 1 rings (SSSR count). The van der Waals surface area contributed by atoms with Gasteiger partial charge in [-0.05, 0) is 61.9 Å². The molecule has 22 heavy (non-hydrogen) atoms. The first-order valence-electron chi connectivity index (χ1n) is 9.05. The van der Waals surface area contributed by atoms with Gasteiger partial charge in [0, 0.05) is 7.47 Å². The molecule has 2 N–H and O–H groups in total. The SMILES string of the molecule is CCC(CCNCC(C)C)c1ccc(CCNC(C)C)cc1.[HH]. The van der Waals surface area contributed by atoms with E-state index in [4.69, 9.17) is 0 Å². The van der Waals surface area contributed by atoms with Crippen molar-refractivity contribution >= 4 is 0 Å². The van der Waals surface area contributed by atoms with Crippen molar-refractivity contribution < 1.29 is 1.43 Å². The van der Waals surface area contributed by atoms with Gasteiger partial charge in [-0.15, -0.1) is 0 Å². The van der Waals surface area contributed by atoms with Gasteiger partial charge in [-0.3, -0.25) is 0 Å². The first-order valence-corrected chi connectivity index (χ1v) is 9.05. The van der Waals surface area contributed by atoms with Gasteiger partial charge >= 0.3 is 0 Å². The van der Waals surface area contributed by atoms with E-state index < -0.39 is 0 Å². The molecular weight excluding hydrogens is 268 g/mol. The van der Waals surface area contributed by atoms with Crippen LogP contribution in [0.25, 0.3) is 0 Å². The maximum atomic E-state index is 3.56. The summed E-state index contributed by atoms with van der Waals surface area (Å²) in [4.78, 5) is 0. The van der Waals surface area contributed by atoms with E-state index in [9.17, 15) is 0 Å². The molecule has 1 aromatic carbocycles. The van der Waals surface area contributed by atoms with Crippen molar-refractivity contribution in [3.05, 3.63) is 35.4 Å². The maximum Gasteiger partial charge on any atom is 0.00105 e. The summed E-state index contributed by atoms with van der Waals surface area (Å²) in [6.45, 7) is 14.5. The normalized spacial score (nSPS) is 13.0. The lowest BCUT2D eigenvalue weighted by atomic mass is 9.92. The summed E-state index contributed by atoms with van der Waals surface area (Å²) >= 11 is 0. The van der Waals surface area contributed by atoms with Crippen LogP contribution < -0.4 is 10.6 Å². The highest BCUT2D eigenvalue weighted by atomic mass is 14.9. The van der Waals surface area contributed by atoms with Crippen molar-refractivity contribution in [2.45, 2.75) is 65.8 Å². The molecule has 2 heteroatoms. The van der Waals surface area contributed by atoms with Gasteiger partial charge in [0.25, 0.3) is 0 Å². The summed E-state index contributed by atoms with van der Waals surface area (Å²) in [6, 6.07) is 9.85. The quantitative estimate of drug-likeness (QED) is 0.584. The van der Waals surface area contributed by atoms with Crippen molar-refractivity contribution in [2.75, 3.05) is 19.6 Å². The van der Waals surface area contributed by atoms with Crippen molar-refractivity contribution in [1.29, 1.82) is 0 Å². The predicted molar refractivity (Wildman–Crippen MR) is 101 cm³/mol. The van der Waals surface area contributed by atoms with E-state index in [1.807, 2.05) is 0 Å². The number of hydrogen-bond donors (Lipinski definition) is 2. The third kappa shape index (κ3) is 7.95. The lowest BCUT2D eigenvalue weighted by molar-refractivity contribution is 0.509. The summed E-state index contributed by atoms with van der Waals surface area (Å²) in [5.74, 6) is 1.42. The highest BCUT2D eigenvalue weighted by Crippen LogP contribution is 2.23. The first kappa shape index (κ1) is 19.2. The molecule has 0 saturated heterocycles. The Morgan fingerprint density at radius 3 is 2.23 bits per heavy atom. The topological polar surface area (TPSA) is 24.1 Å². The molecule has 0 radical (unpaired) electrons. The predicted octanol–water partition coefficient (Wildman–Crippen LogP) is 4.60. The third-order valence-electron chi connectivity index (χ3n) is 4.13. The van der Waals surface area contributed by atoms with E-state index in [-0.39, 0.29) is 1.43 Å². The second kappa shape index (κ2) is 10.8. The molecule has 0 fully saturated rings. The third-order valence-corrected chi connectivity index (χ3v) is 4.13. The van der Waals surface area contributed by atoms with Crippen LogP contribution in [0.1, 0.15) is 65.9 Å². The van der Waals surface area contributed by atoms with Crippen LogP contribution in [0.2, 0.25) is 0 Å². The second-order valence-electron chi connectivity index (χ2n) is 7.09. The Morgan fingerprint density at radius 1 is 1.00 bits per heavy atom. The summed E-state index contributed by atoms with van der Waals surface area (Å²) in [6.07, 6.45) is 3.57. The Kier molecular flexibility index (Phi) is 9.42. The summed E-state index contributed by atoms with van der Waals surface area (Å²) in [5, 5.41) is 7.04. The van der Waals surface area contributed by atoms with Crippen LogP contribution in [0.15, 0.2) is 24.3 Å². The van der Waals surface area contributed by atoms with E-state index in [1.54, 1.807) is 0 Å². The van der Waals surface area contributed by atoms with Crippen LogP contribution in [-0.4, -0.2) is 25.7 Å². The molecule has 0 aliphatic heterocycles. The minimum absolute atomic E-state index is 0. The molecule has 0 bridgehead atoms. The number of hydrogen-bond acceptors (Lipinski definition) is 2. The van der Waals surface area contributed by atoms with Crippen LogP contribution in [-0.2, 0) is 6.42 Å². The smallest absolute Gasteiger partial charge is 0.00105 e. The molecule has 0 aliphatic carbocycles. The summed E-state index contributed by atoms with van der Waals surface area (Å²) < 4.78 is 0. The van der Waals surface area contributed by atoms with Gasteiger partial charge < -0.3 is 10.6 Å². The van der Waals surface area contributed by atoms with Crippen LogP contribution in [0.4, 0.5) is 0 Å². The minimum Gasteiger partial charge on any atom is -0.316 e.